The average Bonchev–Trinajstić information content (AvgIpc) is 2.17. The van der Waals surface area contributed by atoms with E-state index >= 15 is 0 Å². The minimum Gasteiger partial charge on any atom is -0.399 e. The Kier molecular flexibility index (Phi) is 2.69. The van der Waals surface area contributed by atoms with Gasteiger partial charge in [0.2, 0.25) is 5.91 Å². The van der Waals surface area contributed by atoms with E-state index in [4.69, 9.17) is 5.73 Å². The predicted molar refractivity (Wildman–Crippen MR) is 54.5 cm³/mol. The van der Waals surface area contributed by atoms with Crippen LogP contribution in [-0.2, 0) is 4.79 Å². The molecule has 0 spiro atoms. The van der Waals surface area contributed by atoms with Gasteiger partial charge in [0.1, 0.15) is 0 Å². The Hall–Kier alpha value is -1.77. The van der Waals surface area contributed by atoms with Gasteiger partial charge >= 0.3 is 0 Å². The van der Waals surface area contributed by atoms with Crippen molar-refractivity contribution < 1.29 is 4.79 Å². The van der Waals surface area contributed by atoms with Crippen molar-refractivity contribution in [3.05, 3.63) is 36.9 Å². The molecule has 1 aromatic carbocycles. The Balaban J connectivity index is 2.89. The average molecular weight is 176 g/mol. The van der Waals surface area contributed by atoms with E-state index in [9.17, 15) is 4.79 Å². The number of anilines is 2. The summed E-state index contributed by atoms with van der Waals surface area (Å²) >= 11 is 0. The molecule has 0 fully saturated rings. The van der Waals surface area contributed by atoms with Crippen LogP contribution in [-0.4, -0.2) is 13.0 Å². The first kappa shape index (κ1) is 9.32. The SMILES string of the molecule is C=CC(=O)N(C)c1ccc(N)cc1. The molecule has 68 valence electrons. The van der Waals surface area contributed by atoms with Gasteiger partial charge in [-0.25, -0.2) is 0 Å². The lowest BCUT2D eigenvalue weighted by atomic mass is 10.2. The molecule has 0 heterocycles. The lowest BCUT2D eigenvalue weighted by molar-refractivity contribution is -0.113. The van der Waals surface area contributed by atoms with E-state index in [1.54, 1.807) is 31.3 Å². The molecule has 0 saturated carbocycles. The highest BCUT2D eigenvalue weighted by atomic mass is 16.2. The Morgan fingerprint density at radius 1 is 1.46 bits per heavy atom. The van der Waals surface area contributed by atoms with Gasteiger partial charge in [0, 0.05) is 18.4 Å². The molecule has 0 radical (unpaired) electrons. The molecule has 0 aliphatic carbocycles. The molecule has 0 aliphatic heterocycles. The number of amides is 1. The van der Waals surface area contributed by atoms with Gasteiger partial charge in [0.15, 0.2) is 0 Å². The van der Waals surface area contributed by atoms with Crippen LogP contribution in [0, 0.1) is 0 Å². The van der Waals surface area contributed by atoms with Crippen LogP contribution in [0.3, 0.4) is 0 Å². The van der Waals surface area contributed by atoms with Crippen LogP contribution in [0.1, 0.15) is 0 Å². The highest BCUT2D eigenvalue weighted by Gasteiger charge is 2.05. The molecular weight excluding hydrogens is 164 g/mol. The normalized spacial score (nSPS) is 9.31. The summed E-state index contributed by atoms with van der Waals surface area (Å²) in [6.45, 7) is 3.41. The van der Waals surface area contributed by atoms with Crippen LogP contribution in [0.25, 0.3) is 0 Å². The number of rotatable bonds is 2. The first-order valence-electron chi connectivity index (χ1n) is 3.91. The van der Waals surface area contributed by atoms with Crippen LogP contribution in [0.4, 0.5) is 11.4 Å². The van der Waals surface area contributed by atoms with E-state index in [2.05, 4.69) is 6.58 Å². The maximum absolute atomic E-state index is 11.2. The van der Waals surface area contributed by atoms with E-state index in [0.29, 0.717) is 5.69 Å². The lowest BCUT2D eigenvalue weighted by Gasteiger charge is -2.14. The molecule has 3 heteroatoms. The molecule has 3 nitrogen and oxygen atoms in total. The summed E-state index contributed by atoms with van der Waals surface area (Å²) < 4.78 is 0. The predicted octanol–water partition coefficient (Wildman–Crippen LogP) is 1.42. The van der Waals surface area contributed by atoms with Gasteiger partial charge in [-0.15, -0.1) is 0 Å². The number of carbonyl (C=O) groups excluding carboxylic acids is 1. The molecule has 0 atom stereocenters. The third kappa shape index (κ3) is 2.08. The molecule has 0 bridgehead atoms. The van der Waals surface area contributed by atoms with Crippen LogP contribution >= 0.6 is 0 Å². The number of likely N-dealkylation sites (N-methyl/N-ethyl adjacent to an activating group) is 1. The summed E-state index contributed by atoms with van der Waals surface area (Å²) in [5.74, 6) is -0.134. The molecule has 1 amide bonds. The number of nitrogen functional groups attached to an aromatic ring is 1. The van der Waals surface area contributed by atoms with E-state index in [1.165, 1.54) is 11.0 Å². The molecule has 2 N–H and O–H groups in total. The quantitative estimate of drug-likeness (QED) is 0.547. The van der Waals surface area contributed by atoms with Crippen LogP contribution < -0.4 is 10.6 Å². The van der Waals surface area contributed by atoms with E-state index in [0.717, 1.165) is 5.69 Å². The van der Waals surface area contributed by atoms with Crippen molar-refractivity contribution >= 4 is 17.3 Å². The molecule has 1 aromatic rings. The molecule has 1 rings (SSSR count). The number of benzene rings is 1. The first-order valence-corrected chi connectivity index (χ1v) is 3.91. The Morgan fingerprint density at radius 2 is 2.00 bits per heavy atom. The first-order chi connectivity index (χ1) is 6.15. The second-order valence-electron chi connectivity index (χ2n) is 2.69. The van der Waals surface area contributed by atoms with E-state index in [-0.39, 0.29) is 5.91 Å². The molecular formula is C10H12N2O. The van der Waals surface area contributed by atoms with E-state index < -0.39 is 0 Å². The maximum Gasteiger partial charge on any atom is 0.250 e. The zero-order chi connectivity index (χ0) is 9.84. The fourth-order valence-electron chi connectivity index (χ4n) is 0.962. The number of nitrogens with zero attached hydrogens (tertiary/aromatic N) is 1. The standard InChI is InChI=1S/C10H12N2O/c1-3-10(13)12(2)9-6-4-8(11)5-7-9/h3-7H,1,11H2,2H3. The van der Waals surface area contributed by atoms with Crippen molar-refractivity contribution in [2.45, 2.75) is 0 Å². The van der Waals surface area contributed by atoms with Crippen molar-refractivity contribution in [2.24, 2.45) is 0 Å². The largest absolute Gasteiger partial charge is 0.399 e. The number of hydrogen-bond acceptors (Lipinski definition) is 2. The molecule has 0 unspecified atom stereocenters. The second-order valence-corrected chi connectivity index (χ2v) is 2.69. The highest BCUT2D eigenvalue weighted by molar-refractivity contribution is 6.00. The summed E-state index contributed by atoms with van der Waals surface area (Å²) in [6.07, 6.45) is 1.27. The third-order valence-electron chi connectivity index (χ3n) is 1.79. The van der Waals surface area contributed by atoms with Crippen LogP contribution in [0.2, 0.25) is 0 Å². The Morgan fingerprint density at radius 3 is 2.46 bits per heavy atom. The van der Waals surface area contributed by atoms with Crippen molar-refractivity contribution in [2.75, 3.05) is 17.7 Å². The number of nitrogens with two attached hydrogens (primary N) is 1. The molecule has 0 aliphatic rings. The van der Waals surface area contributed by atoms with Crippen molar-refractivity contribution in [3.63, 3.8) is 0 Å². The number of carbonyl (C=O) groups is 1. The van der Waals surface area contributed by atoms with Gasteiger partial charge in [0.05, 0.1) is 0 Å². The second kappa shape index (κ2) is 3.76. The van der Waals surface area contributed by atoms with Crippen molar-refractivity contribution in [1.29, 1.82) is 0 Å². The summed E-state index contributed by atoms with van der Waals surface area (Å²) in [5.41, 5.74) is 7.00. The van der Waals surface area contributed by atoms with Gasteiger partial charge in [-0.1, -0.05) is 6.58 Å². The monoisotopic (exact) mass is 176 g/mol. The minimum absolute atomic E-state index is 0.134. The lowest BCUT2D eigenvalue weighted by Crippen LogP contribution is -2.23. The Labute approximate surface area is 77.5 Å². The highest BCUT2D eigenvalue weighted by Crippen LogP contribution is 2.14. The van der Waals surface area contributed by atoms with Gasteiger partial charge in [-0.3, -0.25) is 4.79 Å². The summed E-state index contributed by atoms with van der Waals surface area (Å²) in [6, 6.07) is 7.08. The topological polar surface area (TPSA) is 46.3 Å². The minimum atomic E-state index is -0.134. The molecule has 0 aromatic heterocycles. The van der Waals surface area contributed by atoms with Gasteiger partial charge in [-0.2, -0.15) is 0 Å². The fourth-order valence-corrected chi connectivity index (χ4v) is 0.962. The summed E-state index contributed by atoms with van der Waals surface area (Å²) in [5, 5.41) is 0. The smallest absolute Gasteiger partial charge is 0.250 e. The van der Waals surface area contributed by atoms with Gasteiger partial charge < -0.3 is 10.6 Å². The van der Waals surface area contributed by atoms with Gasteiger partial charge in [-0.05, 0) is 30.3 Å². The van der Waals surface area contributed by atoms with E-state index in [1.807, 2.05) is 0 Å². The zero-order valence-electron chi connectivity index (χ0n) is 7.53. The number of hydrogen-bond donors (Lipinski definition) is 1. The van der Waals surface area contributed by atoms with Crippen LogP contribution in [0.15, 0.2) is 36.9 Å². The van der Waals surface area contributed by atoms with Crippen LogP contribution in [0.5, 0.6) is 0 Å². The maximum atomic E-state index is 11.2. The zero-order valence-corrected chi connectivity index (χ0v) is 7.53. The Bertz CT molecular complexity index is 316. The van der Waals surface area contributed by atoms with Gasteiger partial charge in [0.25, 0.3) is 0 Å². The summed E-state index contributed by atoms with van der Waals surface area (Å²) in [4.78, 5) is 12.7. The van der Waals surface area contributed by atoms with Crippen molar-refractivity contribution in [1.82, 2.24) is 0 Å². The third-order valence-corrected chi connectivity index (χ3v) is 1.79. The summed E-state index contributed by atoms with van der Waals surface area (Å²) in [7, 11) is 1.69. The molecule has 0 saturated heterocycles. The fraction of sp³-hybridized carbons (Fsp3) is 0.100. The molecule has 13 heavy (non-hydrogen) atoms. The van der Waals surface area contributed by atoms with Crippen molar-refractivity contribution in [3.8, 4) is 0 Å².